The van der Waals surface area contributed by atoms with E-state index in [4.69, 9.17) is 11.6 Å². The van der Waals surface area contributed by atoms with Crippen molar-refractivity contribution in [3.63, 3.8) is 0 Å². The van der Waals surface area contributed by atoms with E-state index >= 15 is 0 Å². The second-order valence-electron chi connectivity index (χ2n) is 3.59. The minimum Gasteiger partial charge on any atom is -0.290 e. The normalized spacial score (nSPS) is 10.9. The predicted molar refractivity (Wildman–Crippen MR) is 66.7 cm³/mol. The Morgan fingerprint density at radius 1 is 1.18 bits per heavy atom. The number of aromatic amines is 1. The average molecular weight is 246 g/mol. The maximum absolute atomic E-state index is 11.9. The van der Waals surface area contributed by atoms with Gasteiger partial charge in [0.15, 0.2) is 5.65 Å². The van der Waals surface area contributed by atoms with Gasteiger partial charge in [-0.15, -0.1) is 0 Å². The van der Waals surface area contributed by atoms with Crippen molar-refractivity contribution >= 4 is 22.8 Å². The van der Waals surface area contributed by atoms with Gasteiger partial charge in [0.1, 0.15) is 0 Å². The number of benzene rings is 1. The number of pyridine rings is 1. The van der Waals surface area contributed by atoms with Crippen LogP contribution >= 0.6 is 11.6 Å². The molecule has 0 fully saturated rings. The van der Waals surface area contributed by atoms with E-state index in [0.717, 1.165) is 0 Å². The summed E-state index contributed by atoms with van der Waals surface area (Å²) in [4.78, 5) is 18.7. The quantitative estimate of drug-likeness (QED) is 0.716. The van der Waals surface area contributed by atoms with Crippen molar-refractivity contribution in [2.75, 3.05) is 0 Å². The maximum atomic E-state index is 11.9. The van der Waals surface area contributed by atoms with Crippen LogP contribution in [0.5, 0.6) is 0 Å². The molecule has 0 saturated heterocycles. The first-order valence-corrected chi connectivity index (χ1v) is 5.46. The van der Waals surface area contributed by atoms with Gasteiger partial charge < -0.3 is 0 Å². The second-order valence-corrected chi connectivity index (χ2v) is 4.00. The molecule has 3 aromatic rings. The van der Waals surface area contributed by atoms with E-state index in [-0.39, 0.29) is 5.69 Å². The van der Waals surface area contributed by atoms with E-state index in [1.165, 1.54) is 4.57 Å². The molecule has 0 amide bonds. The summed E-state index contributed by atoms with van der Waals surface area (Å²) >= 11 is 6.09. The summed E-state index contributed by atoms with van der Waals surface area (Å²) in [5.74, 6) is 0. The molecule has 4 nitrogen and oxygen atoms in total. The zero-order valence-corrected chi connectivity index (χ0v) is 9.48. The highest BCUT2D eigenvalue weighted by molar-refractivity contribution is 6.32. The summed E-state index contributed by atoms with van der Waals surface area (Å²) in [6.07, 6.45) is 1.63. The van der Waals surface area contributed by atoms with E-state index in [1.807, 2.05) is 18.2 Å². The third-order valence-corrected chi connectivity index (χ3v) is 2.87. The van der Waals surface area contributed by atoms with Crippen LogP contribution in [0, 0.1) is 0 Å². The van der Waals surface area contributed by atoms with E-state index in [2.05, 4.69) is 9.97 Å². The lowest BCUT2D eigenvalue weighted by atomic mass is 10.3. The Hall–Kier alpha value is -2.07. The topological polar surface area (TPSA) is 50.7 Å². The van der Waals surface area contributed by atoms with Gasteiger partial charge in [-0.1, -0.05) is 23.7 Å². The van der Waals surface area contributed by atoms with Gasteiger partial charge in [-0.05, 0) is 24.3 Å². The van der Waals surface area contributed by atoms with Crippen LogP contribution in [0.2, 0.25) is 5.02 Å². The molecule has 5 heteroatoms. The Labute approximate surface area is 101 Å². The van der Waals surface area contributed by atoms with Gasteiger partial charge in [0.25, 0.3) is 0 Å². The van der Waals surface area contributed by atoms with Crippen molar-refractivity contribution in [3.05, 3.63) is 58.1 Å². The van der Waals surface area contributed by atoms with Crippen LogP contribution in [-0.4, -0.2) is 14.5 Å². The second kappa shape index (κ2) is 3.75. The number of aromatic nitrogens is 3. The highest BCUT2D eigenvalue weighted by Crippen LogP contribution is 2.21. The van der Waals surface area contributed by atoms with Gasteiger partial charge in [0.2, 0.25) is 0 Å². The van der Waals surface area contributed by atoms with Crippen LogP contribution in [0.15, 0.2) is 47.4 Å². The van der Waals surface area contributed by atoms with Crippen LogP contribution in [0.25, 0.3) is 16.9 Å². The molecule has 0 unspecified atom stereocenters. The fourth-order valence-electron chi connectivity index (χ4n) is 1.81. The van der Waals surface area contributed by atoms with Crippen LogP contribution in [0.3, 0.4) is 0 Å². The van der Waals surface area contributed by atoms with E-state index in [9.17, 15) is 4.79 Å². The zero-order valence-electron chi connectivity index (χ0n) is 8.72. The fraction of sp³-hybridized carbons (Fsp3) is 0. The third kappa shape index (κ3) is 1.54. The first-order valence-electron chi connectivity index (χ1n) is 5.08. The number of rotatable bonds is 1. The van der Waals surface area contributed by atoms with Gasteiger partial charge in [-0.2, -0.15) is 0 Å². The molecular formula is C12H8ClN3O. The summed E-state index contributed by atoms with van der Waals surface area (Å²) in [5, 5.41) is 0.527. The van der Waals surface area contributed by atoms with Crippen LogP contribution in [0.1, 0.15) is 0 Å². The number of hydrogen-bond donors (Lipinski definition) is 1. The molecule has 3 rings (SSSR count). The van der Waals surface area contributed by atoms with Crippen molar-refractivity contribution in [1.82, 2.24) is 14.5 Å². The lowest BCUT2D eigenvalue weighted by molar-refractivity contribution is 1.02. The lowest BCUT2D eigenvalue weighted by Gasteiger charge is -2.04. The van der Waals surface area contributed by atoms with Crippen molar-refractivity contribution < 1.29 is 0 Å². The molecule has 2 aromatic heterocycles. The van der Waals surface area contributed by atoms with Crippen LogP contribution in [-0.2, 0) is 0 Å². The predicted octanol–water partition coefficient (Wildman–Crippen LogP) is 2.37. The first kappa shape index (κ1) is 10.1. The monoisotopic (exact) mass is 245 g/mol. The fourth-order valence-corrected chi connectivity index (χ4v) is 2.03. The largest absolute Gasteiger partial charge is 0.332 e. The Morgan fingerprint density at radius 3 is 2.82 bits per heavy atom. The smallest absolute Gasteiger partial charge is 0.290 e. The molecule has 1 aromatic carbocycles. The maximum Gasteiger partial charge on any atom is 0.332 e. The summed E-state index contributed by atoms with van der Waals surface area (Å²) in [7, 11) is 0. The molecule has 2 heterocycles. The molecule has 0 aliphatic rings. The molecule has 0 bridgehead atoms. The molecule has 1 N–H and O–H groups in total. The molecule has 0 atom stereocenters. The average Bonchev–Trinajstić information content (AvgIpc) is 2.66. The molecule has 0 aliphatic carbocycles. The van der Waals surface area contributed by atoms with Crippen molar-refractivity contribution in [2.45, 2.75) is 0 Å². The Kier molecular flexibility index (Phi) is 2.23. The number of H-pyrrole nitrogens is 1. The number of nitrogens with one attached hydrogen (secondary N) is 1. The summed E-state index contributed by atoms with van der Waals surface area (Å²) in [5.41, 5.74) is 1.67. The Balaban J connectivity index is 2.42. The van der Waals surface area contributed by atoms with E-state index in [0.29, 0.717) is 21.9 Å². The van der Waals surface area contributed by atoms with Gasteiger partial charge >= 0.3 is 5.69 Å². The minimum absolute atomic E-state index is 0.244. The highest BCUT2D eigenvalue weighted by atomic mass is 35.5. The number of fused-ring (bicyclic) bond motifs is 1. The number of halogens is 1. The SMILES string of the molecule is O=c1[nH]c2ncccc2n1-c1ccccc1Cl. The van der Waals surface area contributed by atoms with Crippen LogP contribution in [0.4, 0.5) is 0 Å². The van der Waals surface area contributed by atoms with E-state index in [1.54, 1.807) is 24.4 Å². The van der Waals surface area contributed by atoms with Crippen molar-refractivity contribution in [3.8, 4) is 5.69 Å². The molecule has 17 heavy (non-hydrogen) atoms. The molecule has 0 radical (unpaired) electrons. The summed E-state index contributed by atoms with van der Waals surface area (Å²) in [6.45, 7) is 0. The number of para-hydroxylation sites is 1. The van der Waals surface area contributed by atoms with Gasteiger partial charge in [-0.25, -0.2) is 9.78 Å². The molecule has 0 aliphatic heterocycles. The molecule has 0 saturated carbocycles. The molecule has 0 spiro atoms. The summed E-state index contributed by atoms with van der Waals surface area (Å²) < 4.78 is 1.52. The highest BCUT2D eigenvalue weighted by Gasteiger charge is 2.10. The van der Waals surface area contributed by atoms with Crippen molar-refractivity contribution in [2.24, 2.45) is 0 Å². The Morgan fingerprint density at radius 2 is 2.00 bits per heavy atom. The standard InChI is InChI=1S/C12H8ClN3O/c13-8-4-1-2-5-9(8)16-10-6-3-7-14-11(10)15-12(16)17/h1-7H,(H,14,15,17). The van der Waals surface area contributed by atoms with Gasteiger partial charge in [-0.3, -0.25) is 9.55 Å². The van der Waals surface area contributed by atoms with Gasteiger partial charge in [0, 0.05) is 6.20 Å². The number of nitrogens with zero attached hydrogens (tertiary/aromatic N) is 2. The van der Waals surface area contributed by atoms with Crippen molar-refractivity contribution in [1.29, 1.82) is 0 Å². The molecular weight excluding hydrogens is 238 g/mol. The zero-order chi connectivity index (χ0) is 11.8. The van der Waals surface area contributed by atoms with Gasteiger partial charge in [0.05, 0.1) is 16.2 Å². The summed E-state index contributed by atoms with van der Waals surface area (Å²) in [6, 6.07) is 10.8. The minimum atomic E-state index is -0.244. The molecule has 84 valence electrons. The third-order valence-electron chi connectivity index (χ3n) is 2.55. The van der Waals surface area contributed by atoms with Crippen LogP contribution < -0.4 is 5.69 Å². The number of imidazole rings is 1. The first-order chi connectivity index (χ1) is 8.27. The van der Waals surface area contributed by atoms with E-state index < -0.39 is 0 Å². The Bertz CT molecular complexity index is 745. The number of hydrogen-bond acceptors (Lipinski definition) is 2. The lowest BCUT2D eigenvalue weighted by Crippen LogP contribution is -2.14.